The topological polar surface area (TPSA) is 63.3 Å². The van der Waals surface area contributed by atoms with Crippen molar-refractivity contribution >= 4 is 11.1 Å². The third kappa shape index (κ3) is 6.76. The van der Waals surface area contributed by atoms with Gasteiger partial charge in [0.2, 0.25) is 0 Å². The van der Waals surface area contributed by atoms with Crippen molar-refractivity contribution in [2.75, 3.05) is 0 Å². The van der Waals surface area contributed by atoms with Crippen molar-refractivity contribution in [1.82, 2.24) is 0 Å². The van der Waals surface area contributed by atoms with Crippen molar-refractivity contribution in [2.24, 2.45) is 5.73 Å². The van der Waals surface area contributed by atoms with E-state index in [1.165, 1.54) is 19.3 Å². The summed E-state index contributed by atoms with van der Waals surface area (Å²) in [6.07, 6.45) is 6.43. The standard InChI is InChI=1S/C8H19NO2S/c1-2-3-4-5-6-7-8(9)12(10)11/h8H,2-7,9H2,1H3,(H,10,11). The molecule has 0 radical (unpaired) electrons. The molecule has 0 aromatic carbocycles. The minimum absolute atomic E-state index is 0.549. The van der Waals surface area contributed by atoms with E-state index in [1.807, 2.05) is 0 Å². The molecular formula is C8H19NO2S. The Hall–Kier alpha value is 0.0700. The minimum Gasteiger partial charge on any atom is -0.315 e. The van der Waals surface area contributed by atoms with Gasteiger partial charge in [-0.3, -0.25) is 0 Å². The Morgan fingerprint density at radius 3 is 2.42 bits per heavy atom. The van der Waals surface area contributed by atoms with Crippen molar-refractivity contribution in [3.05, 3.63) is 0 Å². The number of unbranched alkanes of at least 4 members (excludes halogenated alkanes) is 4. The van der Waals surface area contributed by atoms with Crippen molar-refractivity contribution in [2.45, 2.75) is 50.8 Å². The van der Waals surface area contributed by atoms with Gasteiger partial charge in [0.25, 0.3) is 0 Å². The normalized spacial score (nSPS) is 15.9. The van der Waals surface area contributed by atoms with Crippen LogP contribution in [0.5, 0.6) is 0 Å². The summed E-state index contributed by atoms with van der Waals surface area (Å²) in [7, 11) is 0. The zero-order valence-corrected chi connectivity index (χ0v) is 8.48. The lowest BCUT2D eigenvalue weighted by Crippen LogP contribution is -2.24. The van der Waals surface area contributed by atoms with Crippen LogP contribution in [-0.4, -0.2) is 14.1 Å². The van der Waals surface area contributed by atoms with Crippen LogP contribution in [0.2, 0.25) is 0 Å². The molecule has 12 heavy (non-hydrogen) atoms. The molecule has 0 rings (SSSR count). The summed E-state index contributed by atoms with van der Waals surface area (Å²) < 4.78 is 19.0. The first-order chi connectivity index (χ1) is 5.68. The fourth-order valence-electron chi connectivity index (χ4n) is 1.05. The Morgan fingerprint density at radius 1 is 1.33 bits per heavy atom. The van der Waals surface area contributed by atoms with Gasteiger partial charge in [0.1, 0.15) is 5.37 Å². The van der Waals surface area contributed by atoms with Crippen molar-refractivity contribution < 1.29 is 8.76 Å². The van der Waals surface area contributed by atoms with E-state index in [-0.39, 0.29) is 0 Å². The number of hydrogen-bond donors (Lipinski definition) is 2. The Labute approximate surface area is 77.0 Å². The van der Waals surface area contributed by atoms with Crippen LogP contribution in [0, 0.1) is 0 Å². The molecule has 0 fully saturated rings. The molecule has 3 N–H and O–H groups in total. The lowest BCUT2D eigenvalue weighted by atomic mass is 10.1. The van der Waals surface area contributed by atoms with Gasteiger partial charge in [0.15, 0.2) is 11.1 Å². The highest BCUT2D eigenvalue weighted by atomic mass is 32.2. The van der Waals surface area contributed by atoms with Gasteiger partial charge in [0, 0.05) is 0 Å². The minimum atomic E-state index is -1.84. The van der Waals surface area contributed by atoms with Crippen LogP contribution < -0.4 is 5.73 Å². The van der Waals surface area contributed by atoms with Gasteiger partial charge >= 0.3 is 0 Å². The first-order valence-electron chi connectivity index (χ1n) is 4.53. The highest BCUT2D eigenvalue weighted by molar-refractivity contribution is 7.79. The van der Waals surface area contributed by atoms with Gasteiger partial charge < -0.3 is 10.3 Å². The van der Waals surface area contributed by atoms with Crippen LogP contribution in [-0.2, 0) is 11.1 Å². The highest BCUT2D eigenvalue weighted by Gasteiger charge is 2.06. The lowest BCUT2D eigenvalue weighted by molar-refractivity contribution is 0.529. The molecule has 0 aromatic heterocycles. The van der Waals surface area contributed by atoms with Gasteiger partial charge in [-0.25, -0.2) is 4.21 Å². The maximum Gasteiger partial charge on any atom is 0.170 e. The molecule has 0 amide bonds. The van der Waals surface area contributed by atoms with E-state index < -0.39 is 16.5 Å². The largest absolute Gasteiger partial charge is 0.315 e. The summed E-state index contributed by atoms with van der Waals surface area (Å²) >= 11 is -1.84. The summed E-state index contributed by atoms with van der Waals surface area (Å²) in [5.74, 6) is 0. The lowest BCUT2D eigenvalue weighted by Gasteiger charge is -2.05. The van der Waals surface area contributed by atoms with Crippen molar-refractivity contribution in [3.63, 3.8) is 0 Å². The molecular weight excluding hydrogens is 174 g/mol. The number of nitrogens with two attached hydrogens (primary N) is 1. The maximum atomic E-state index is 10.4. The Balaban J connectivity index is 3.14. The maximum absolute atomic E-state index is 10.4. The number of rotatable bonds is 7. The SMILES string of the molecule is CCCCCCCC(N)S(=O)O. The van der Waals surface area contributed by atoms with Gasteiger partial charge in [0.05, 0.1) is 0 Å². The second-order valence-corrected chi connectivity index (χ2v) is 4.18. The monoisotopic (exact) mass is 193 g/mol. The predicted molar refractivity (Wildman–Crippen MR) is 52.1 cm³/mol. The molecule has 0 aliphatic rings. The number of hydrogen-bond acceptors (Lipinski definition) is 2. The molecule has 0 aliphatic carbocycles. The third-order valence-electron chi connectivity index (χ3n) is 1.85. The average molecular weight is 193 g/mol. The first kappa shape index (κ1) is 12.1. The third-order valence-corrected chi connectivity index (χ3v) is 2.60. The fourth-order valence-corrected chi connectivity index (χ4v) is 1.42. The summed E-state index contributed by atoms with van der Waals surface area (Å²) in [5.41, 5.74) is 5.38. The van der Waals surface area contributed by atoms with Crippen LogP contribution in [0.4, 0.5) is 0 Å². The van der Waals surface area contributed by atoms with Crippen molar-refractivity contribution in [3.8, 4) is 0 Å². The van der Waals surface area contributed by atoms with E-state index in [9.17, 15) is 4.21 Å². The molecule has 74 valence electrons. The van der Waals surface area contributed by atoms with Crippen LogP contribution in [0.25, 0.3) is 0 Å². The zero-order chi connectivity index (χ0) is 9.40. The van der Waals surface area contributed by atoms with Crippen LogP contribution in [0.3, 0.4) is 0 Å². The predicted octanol–water partition coefficient (Wildman–Crippen LogP) is 1.85. The summed E-state index contributed by atoms with van der Waals surface area (Å²) in [4.78, 5) is 0. The molecule has 0 aromatic rings. The molecule has 0 spiro atoms. The summed E-state index contributed by atoms with van der Waals surface area (Å²) in [5, 5.41) is -0.549. The van der Waals surface area contributed by atoms with Gasteiger partial charge in [-0.1, -0.05) is 39.0 Å². The van der Waals surface area contributed by atoms with Gasteiger partial charge in [-0.05, 0) is 6.42 Å². The molecule has 0 saturated carbocycles. The molecule has 0 heterocycles. The van der Waals surface area contributed by atoms with E-state index in [0.29, 0.717) is 6.42 Å². The Morgan fingerprint density at radius 2 is 1.92 bits per heavy atom. The van der Waals surface area contributed by atoms with E-state index in [2.05, 4.69) is 6.92 Å². The van der Waals surface area contributed by atoms with E-state index in [0.717, 1.165) is 12.8 Å². The summed E-state index contributed by atoms with van der Waals surface area (Å²) in [6, 6.07) is 0. The quantitative estimate of drug-likeness (QED) is 0.479. The molecule has 0 bridgehead atoms. The first-order valence-corrected chi connectivity index (χ1v) is 5.70. The van der Waals surface area contributed by atoms with E-state index >= 15 is 0 Å². The second-order valence-electron chi connectivity index (χ2n) is 3.02. The molecule has 0 aliphatic heterocycles. The zero-order valence-electron chi connectivity index (χ0n) is 7.66. The molecule has 3 nitrogen and oxygen atoms in total. The van der Waals surface area contributed by atoms with E-state index in [4.69, 9.17) is 10.3 Å². The molecule has 2 unspecified atom stereocenters. The Bertz CT molecular complexity index is 130. The molecule has 0 saturated heterocycles. The Kier molecular flexibility index (Phi) is 7.75. The second kappa shape index (κ2) is 7.71. The smallest absolute Gasteiger partial charge is 0.170 e. The average Bonchev–Trinajstić information content (AvgIpc) is 2.03. The molecule has 2 atom stereocenters. The van der Waals surface area contributed by atoms with Crippen LogP contribution >= 0.6 is 0 Å². The molecule has 4 heteroatoms. The van der Waals surface area contributed by atoms with Gasteiger partial charge in [-0.2, -0.15) is 0 Å². The summed E-state index contributed by atoms with van der Waals surface area (Å²) in [6.45, 7) is 2.16. The fraction of sp³-hybridized carbons (Fsp3) is 1.00. The highest BCUT2D eigenvalue weighted by Crippen LogP contribution is 2.07. The van der Waals surface area contributed by atoms with E-state index in [1.54, 1.807) is 0 Å². The van der Waals surface area contributed by atoms with Crippen molar-refractivity contribution in [1.29, 1.82) is 0 Å². The van der Waals surface area contributed by atoms with Crippen LogP contribution in [0.1, 0.15) is 45.4 Å². The van der Waals surface area contributed by atoms with Crippen LogP contribution in [0.15, 0.2) is 0 Å². The van der Waals surface area contributed by atoms with Gasteiger partial charge in [-0.15, -0.1) is 0 Å².